The van der Waals surface area contributed by atoms with E-state index in [1.165, 1.54) is 11.3 Å². The van der Waals surface area contributed by atoms with Crippen LogP contribution in [0.4, 0.5) is 5.69 Å². The van der Waals surface area contributed by atoms with Gasteiger partial charge in [-0.25, -0.2) is 0 Å². The van der Waals surface area contributed by atoms with Crippen molar-refractivity contribution in [1.82, 2.24) is 9.80 Å². The summed E-state index contributed by atoms with van der Waals surface area (Å²) in [4.78, 5) is 20.3. The number of fused-ring (bicyclic) bond motifs is 1. The number of ether oxygens (including phenoxy) is 2. The van der Waals surface area contributed by atoms with Gasteiger partial charge in [0.2, 0.25) is 0 Å². The highest BCUT2D eigenvalue weighted by atomic mass is 16.5. The molecule has 0 N–H and O–H groups in total. The van der Waals surface area contributed by atoms with Crippen molar-refractivity contribution in [2.75, 3.05) is 52.3 Å². The van der Waals surface area contributed by atoms with Crippen molar-refractivity contribution < 1.29 is 14.3 Å². The molecule has 1 atom stereocenters. The lowest BCUT2D eigenvalue weighted by Crippen LogP contribution is -2.44. The molecule has 31 heavy (non-hydrogen) atoms. The number of carbonyl (C=O) groups excluding carboxylic acids is 1. The van der Waals surface area contributed by atoms with Crippen molar-refractivity contribution >= 4 is 11.6 Å². The van der Waals surface area contributed by atoms with E-state index >= 15 is 0 Å². The zero-order valence-electron chi connectivity index (χ0n) is 19.1. The highest BCUT2D eigenvalue weighted by molar-refractivity contribution is 6.00. The van der Waals surface area contributed by atoms with E-state index in [0.717, 1.165) is 50.1 Å². The Labute approximate surface area is 185 Å². The summed E-state index contributed by atoms with van der Waals surface area (Å²) in [6.07, 6.45) is 1.89. The Balaban J connectivity index is 1.65. The quantitative estimate of drug-likeness (QED) is 0.675. The van der Waals surface area contributed by atoms with Gasteiger partial charge in [-0.15, -0.1) is 0 Å². The molecule has 6 heteroatoms. The van der Waals surface area contributed by atoms with Crippen LogP contribution < -0.4 is 14.4 Å². The molecule has 2 aliphatic rings. The minimum Gasteiger partial charge on any atom is -0.493 e. The third kappa shape index (κ3) is 4.09. The second-order valence-electron chi connectivity index (χ2n) is 8.45. The Morgan fingerprint density at radius 2 is 1.74 bits per heavy atom. The van der Waals surface area contributed by atoms with Crippen LogP contribution in [0.5, 0.6) is 11.5 Å². The number of benzene rings is 2. The Morgan fingerprint density at radius 3 is 2.42 bits per heavy atom. The number of rotatable bonds is 7. The highest BCUT2D eigenvalue weighted by Crippen LogP contribution is 2.40. The largest absolute Gasteiger partial charge is 0.493 e. The first-order valence-electron chi connectivity index (χ1n) is 11.2. The second-order valence-corrected chi connectivity index (χ2v) is 8.45. The SMILES string of the molecule is CCC[C@H](c1ccc(OC)c(OC)c1)N1Cc2c(cccc2N2CCN(C)CC2)C1=O. The van der Waals surface area contributed by atoms with Gasteiger partial charge in [-0.05, 0) is 43.3 Å². The lowest BCUT2D eigenvalue weighted by atomic mass is 10.00. The molecule has 0 spiro atoms. The summed E-state index contributed by atoms with van der Waals surface area (Å²) in [5.74, 6) is 1.53. The van der Waals surface area contributed by atoms with Gasteiger partial charge in [0, 0.05) is 49.5 Å². The smallest absolute Gasteiger partial charge is 0.255 e. The summed E-state index contributed by atoms with van der Waals surface area (Å²) in [5.41, 5.74) is 4.31. The predicted molar refractivity (Wildman–Crippen MR) is 123 cm³/mol. The summed E-state index contributed by atoms with van der Waals surface area (Å²) < 4.78 is 10.9. The van der Waals surface area contributed by atoms with Gasteiger partial charge in [0.1, 0.15) is 0 Å². The van der Waals surface area contributed by atoms with Gasteiger partial charge in [0.15, 0.2) is 11.5 Å². The summed E-state index contributed by atoms with van der Waals surface area (Å²) in [5, 5.41) is 0. The number of likely N-dealkylation sites (N-methyl/N-ethyl adjacent to an activating group) is 1. The van der Waals surface area contributed by atoms with E-state index < -0.39 is 0 Å². The zero-order chi connectivity index (χ0) is 22.0. The van der Waals surface area contributed by atoms with Crippen LogP contribution in [-0.2, 0) is 6.54 Å². The average Bonchev–Trinajstić information content (AvgIpc) is 3.14. The zero-order valence-corrected chi connectivity index (χ0v) is 19.1. The van der Waals surface area contributed by atoms with Gasteiger partial charge in [-0.1, -0.05) is 25.5 Å². The summed E-state index contributed by atoms with van der Waals surface area (Å²) in [6, 6.07) is 12.2. The Kier molecular flexibility index (Phi) is 6.37. The molecule has 2 aromatic rings. The van der Waals surface area contributed by atoms with Gasteiger partial charge < -0.3 is 24.2 Å². The number of methoxy groups -OCH3 is 2. The molecule has 0 radical (unpaired) electrons. The summed E-state index contributed by atoms with van der Waals surface area (Å²) >= 11 is 0. The first-order valence-corrected chi connectivity index (χ1v) is 11.2. The minimum absolute atomic E-state index is 0.00467. The van der Waals surface area contributed by atoms with E-state index in [-0.39, 0.29) is 11.9 Å². The van der Waals surface area contributed by atoms with Crippen LogP contribution >= 0.6 is 0 Å². The number of hydrogen-bond donors (Lipinski definition) is 0. The first kappa shape index (κ1) is 21.5. The van der Waals surface area contributed by atoms with Crippen molar-refractivity contribution in [2.24, 2.45) is 0 Å². The third-order valence-electron chi connectivity index (χ3n) is 6.55. The Bertz CT molecular complexity index is 938. The Hall–Kier alpha value is -2.73. The van der Waals surface area contributed by atoms with Crippen LogP contribution in [-0.4, -0.2) is 63.2 Å². The monoisotopic (exact) mass is 423 g/mol. The molecule has 0 bridgehead atoms. The summed E-state index contributed by atoms with van der Waals surface area (Å²) in [7, 11) is 5.45. The molecule has 0 saturated carbocycles. The fourth-order valence-electron chi connectivity index (χ4n) is 4.77. The van der Waals surface area contributed by atoms with Crippen molar-refractivity contribution in [3.8, 4) is 11.5 Å². The molecule has 2 heterocycles. The van der Waals surface area contributed by atoms with Crippen LogP contribution in [0.15, 0.2) is 36.4 Å². The molecule has 0 unspecified atom stereocenters. The molecule has 0 aromatic heterocycles. The molecule has 1 fully saturated rings. The topological polar surface area (TPSA) is 45.3 Å². The van der Waals surface area contributed by atoms with Gasteiger partial charge in [-0.3, -0.25) is 4.79 Å². The number of hydrogen-bond acceptors (Lipinski definition) is 5. The van der Waals surface area contributed by atoms with Crippen LogP contribution in [0.3, 0.4) is 0 Å². The van der Waals surface area contributed by atoms with Gasteiger partial charge >= 0.3 is 0 Å². The molecule has 1 saturated heterocycles. The Morgan fingerprint density at radius 1 is 1.00 bits per heavy atom. The molecular formula is C25H33N3O3. The minimum atomic E-state index is 0.00467. The molecule has 6 nitrogen and oxygen atoms in total. The average molecular weight is 424 g/mol. The first-order chi connectivity index (χ1) is 15.1. The van der Waals surface area contributed by atoms with E-state index in [9.17, 15) is 4.79 Å². The highest BCUT2D eigenvalue weighted by Gasteiger charge is 2.35. The van der Waals surface area contributed by atoms with Crippen LogP contribution in [0, 0.1) is 0 Å². The number of carbonyl (C=O) groups is 1. The van der Waals surface area contributed by atoms with Gasteiger partial charge in [-0.2, -0.15) is 0 Å². The third-order valence-corrected chi connectivity index (χ3v) is 6.55. The molecule has 2 aliphatic heterocycles. The summed E-state index contributed by atoms with van der Waals surface area (Å²) in [6.45, 7) is 6.90. The molecule has 166 valence electrons. The maximum Gasteiger partial charge on any atom is 0.255 e. The maximum atomic E-state index is 13.5. The fraction of sp³-hybridized carbons (Fsp3) is 0.480. The lowest BCUT2D eigenvalue weighted by molar-refractivity contribution is 0.0690. The standard InChI is InChI=1S/C25H33N3O3/c1-5-7-21(18-10-11-23(30-3)24(16-18)31-4)28-17-20-19(25(28)29)8-6-9-22(20)27-14-12-26(2)13-15-27/h6,8-11,16,21H,5,7,12-15,17H2,1-4H3/t21-/m1/s1. The van der Waals surface area contributed by atoms with E-state index in [1.54, 1.807) is 14.2 Å². The van der Waals surface area contributed by atoms with Gasteiger partial charge in [0.05, 0.1) is 20.3 Å². The van der Waals surface area contributed by atoms with E-state index in [4.69, 9.17) is 9.47 Å². The van der Waals surface area contributed by atoms with E-state index in [0.29, 0.717) is 18.0 Å². The van der Waals surface area contributed by atoms with Crippen molar-refractivity contribution in [1.29, 1.82) is 0 Å². The van der Waals surface area contributed by atoms with E-state index in [1.807, 2.05) is 29.2 Å². The van der Waals surface area contributed by atoms with Crippen LogP contribution in [0.2, 0.25) is 0 Å². The number of nitrogens with zero attached hydrogens (tertiary/aromatic N) is 3. The van der Waals surface area contributed by atoms with Crippen molar-refractivity contribution in [3.63, 3.8) is 0 Å². The van der Waals surface area contributed by atoms with Crippen LogP contribution in [0.1, 0.15) is 47.3 Å². The maximum absolute atomic E-state index is 13.5. The fourth-order valence-corrected chi connectivity index (χ4v) is 4.77. The number of amides is 1. The molecule has 2 aromatic carbocycles. The predicted octanol–water partition coefficient (Wildman–Crippen LogP) is 3.95. The van der Waals surface area contributed by atoms with E-state index in [2.05, 4.69) is 35.9 Å². The lowest BCUT2D eigenvalue weighted by Gasteiger charge is -2.35. The second kappa shape index (κ2) is 9.18. The number of anilines is 1. The van der Waals surface area contributed by atoms with Crippen molar-refractivity contribution in [2.45, 2.75) is 32.4 Å². The molecular weight excluding hydrogens is 390 g/mol. The number of piperazine rings is 1. The van der Waals surface area contributed by atoms with Gasteiger partial charge in [0.25, 0.3) is 5.91 Å². The normalized spacial score (nSPS) is 17.6. The molecule has 0 aliphatic carbocycles. The molecule has 4 rings (SSSR count). The van der Waals surface area contributed by atoms with Crippen molar-refractivity contribution in [3.05, 3.63) is 53.1 Å². The van der Waals surface area contributed by atoms with Crippen LogP contribution in [0.25, 0.3) is 0 Å². The molecule has 1 amide bonds.